The molecule has 2 fully saturated rings. The van der Waals surface area contributed by atoms with Gasteiger partial charge in [-0.15, -0.1) is 0 Å². The second kappa shape index (κ2) is 4.19. The summed E-state index contributed by atoms with van der Waals surface area (Å²) in [5.74, 6) is 2.64. The highest BCUT2D eigenvalue weighted by Crippen LogP contribution is 2.28. The molecule has 2 aliphatic rings. The average Bonchev–Trinajstić information content (AvgIpc) is 2.11. The van der Waals surface area contributed by atoms with Crippen LogP contribution in [-0.4, -0.2) is 37.1 Å². The van der Waals surface area contributed by atoms with Crippen molar-refractivity contribution < 1.29 is 0 Å². The maximum atomic E-state index is 3.63. The van der Waals surface area contributed by atoms with E-state index in [1.807, 2.05) is 0 Å². The van der Waals surface area contributed by atoms with Crippen molar-refractivity contribution in [3.63, 3.8) is 0 Å². The molecule has 0 aliphatic carbocycles. The number of piperidine rings is 2. The molecule has 0 aromatic heterocycles. The molecule has 0 aromatic rings. The van der Waals surface area contributed by atoms with E-state index in [0.717, 1.165) is 23.8 Å². The van der Waals surface area contributed by atoms with Crippen molar-refractivity contribution in [1.29, 1.82) is 0 Å². The van der Waals surface area contributed by atoms with Crippen molar-refractivity contribution in [3.8, 4) is 0 Å². The van der Waals surface area contributed by atoms with E-state index in [0.29, 0.717) is 0 Å². The number of rotatable bonds is 2. The summed E-state index contributed by atoms with van der Waals surface area (Å²) >= 11 is 0. The van der Waals surface area contributed by atoms with Crippen molar-refractivity contribution in [1.82, 2.24) is 10.2 Å². The molecule has 2 bridgehead atoms. The van der Waals surface area contributed by atoms with Crippen LogP contribution < -0.4 is 5.32 Å². The van der Waals surface area contributed by atoms with Crippen LogP contribution in [0.25, 0.3) is 0 Å². The predicted molar refractivity (Wildman–Crippen MR) is 60.3 cm³/mol. The van der Waals surface area contributed by atoms with Gasteiger partial charge in [-0.1, -0.05) is 13.8 Å². The fourth-order valence-electron chi connectivity index (χ4n) is 3.04. The maximum Gasteiger partial charge on any atom is 0.00794 e. The van der Waals surface area contributed by atoms with Crippen LogP contribution in [0.4, 0.5) is 0 Å². The van der Waals surface area contributed by atoms with Gasteiger partial charge in [0.2, 0.25) is 0 Å². The molecule has 14 heavy (non-hydrogen) atoms. The summed E-state index contributed by atoms with van der Waals surface area (Å²) in [6.07, 6.45) is 1.46. The third-order valence-electron chi connectivity index (χ3n) is 3.70. The molecule has 0 unspecified atom stereocenters. The van der Waals surface area contributed by atoms with Crippen molar-refractivity contribution >= 4 is 0 Å². The minimum absolute atomic E-state index is 0.737. The number of hydrogen-bond donors (Lipinski definition) is 1. The molecule has 0 amide bonds. The summed E-state index contributed by atoms with van der Waals surface area (Å²) in [4.78, 5) is 2.68. The first-order valence-corrected chi connectivity index (χ1v) is 6.11. The van der Waals surface area contributed by atoms with Crippen molar-refractivity contribution in [2.45, 2.75) is 33.2 Å². The van der Waals surface area contributed by atoms with Crippen LogP contribution in [0.15, 0.2) is 0 Å². The Labute approximate surface area is 88.1 Å². The maximum absolute atomic E-state index is 3.63. The highest BCUT2D eigenvalue weighted by atomic mass is 15.2. The van der Waals surface area contributed by atoms with E-state index >= 15 is 0 Å². The van der Waals surface area contributed by atoms with E-state index < -0.39 is 0 Å². The van der Waals surface area contributed by atoms with Gasteiger partial charge in [0.25, 0.3) is 0 Å². The summed E-state index contributed by atoms with van der Waals surface area (Å²) in [5, 5.41) is 3.63. The third kappa shape index (κ3) is 2.29. The molecule has 0 saturated carbocycles. The molecule has 3 atom stereocenters. The lowest BCUT2D eigenvalue weighted by atomic mass is 9.81. The Morgan fingerprint density at radius 3 is 2.86 bits per heavy atom. The van der Waals surface area contributed by atoms with Gasteiger partial charge in [0.1, 0.15) is 0 Å². The van der Waals surface area contributed by atoms with Crippen LogP contribution in [-0.2, 0) is 0 Å². The Hall–Kier alpha value is -0.0800. The first-order chi connectivity index (χ1) is 6.65. The van der Waals surface area contributed by atoms with E-state index in [9.17, 15) is 0 Å². The van der Waals surface area contributed by atoms with Crippen molar-refractivity contribution in [2.75, 3.05) is 26.2 Å². The Balaban J connectivity index is 1.91. The zero-order valence-electron chi connectivity index (χ0n) is 9.79. The van der Waals surface area contributed by atoms with Gasteiger partial charge in [0, 0.05) is 25.7 Å². The quantitative estimate of drug-likeness (QED) is 0.721. The number of likely N-dealkylation sites (tertiary alicyclic amines) is 1. The van der Waals surface area contributed by atoms with E-state index in [1.165, 1.54) is 32.6 Å². The minimum atomic E-state index is 0.737. The molecule has 2 aliphatic heterocycles. The van der Waals surface area contributed by atoms with E-state index in [1.54, 1.807) is 0 Å². The first kappa shape index (κ1) is 10.4. The van der Waals surface area contributed by atoms with Gasteiger partial charge < -0.3 is 10.2 Å². The van der Waals surface area contributed by atoms with Gasteiger partial charge in [-0.25, -0.2) is 0 Å². The van der Waals surface area contributed by atoms with Crippen LogP contribution in [0.3, 0.4) is 0 Å². The third-order valence-corrected chi connectivity index (χ3v) is 3.70. The van der Waals surface area contributed by atoms with Crippen LogP contribution in [0, 0.1) is 17.8 Å². The van der Waals surface area contributed by atoms with Crippen LogP contribution in [0.5, 0.6) is 0 Å². The van der Waals surface area contributed by atoms with Crippen LogP contribution >= 0.6 is 0 Å². The molecule has 0 radical (unpaired) electrons. The molecule has 0 aromatic carbocycles. The average molecular weight is 196 g/mol. The Morgan fingerprint density at radius 2 is 2.14 bits per heavy atom. The minimum Gasteiger partial charge on any atom is -0.314 e. The topological polar surface area (TPSA) is 15.3 Å². The Morgan fingerprint density at radius 1 is 1.36 bits per heavy atom. The first-order valence-electron chi connectivity index (χ1n) is 6.11. The SMILES string of the molecule is CC(C)CN1C[C@H]2CN[C@@H](C)[C@@H](C2)C1. The fourth-order valence-corrected chi connectivity index (χ4v) is 3.04. The van der Waals surface area contributed by atoms with Crippen LogP contribution in [0.1, 0.15) is 27.2 Å². The monoisotopic (exact) mass is 196 g/mol. The second-order valence-electron chi connectivity index (χ2n) is 5.67. The summed E-state index contributed by atoms with van der Waals surface area (Å²) < 4.78 is 0. The molecule has 2 heteroatoms. The second-order valence-corrected chi connectivity index (χ2v) is 5.67. The van der Waals surface area contributed by atoms with E-state index in [2.05, 4.69) is 31.0 Å². The molecule has 2 saturated heterocycles. The summed E-state index contributed by atoms with van der Waals surface area (Å²) in [6, 6.07) is 0.737. The smallest absolute Gasteiger partial charge is 0.00794 e. The molecule has 2 nitrogen and oxygen atoms in total. The Bertz CT molecular complexity index is 191. The van der Waals surface area contributed by atoms with Crippen molar-refractivity contribution in [2.24, 2.45) is 17.8 Å². The fraction of sp³-hybridized carbons (Fsp3) is 1.00. The molecule has 1 N–H and O–H groups in total. The lowest BCUT2D eigenvalue weighted by Gasteiger charge is -2.45. The summed E-state index contributed by atoms with van der Waals surface area (Å²) in [7, 11) is 0. The summed E-state index contributed by atoms with van der Waals surface area (Å²) in [6.45, 7) is 12.2. The van der Waals surface area contributed by atoms with Gasteiger partial charge >= 0.3 is 0 Å². The number of nitrogens with one attached hydrogen (secondary N) is 1. The molecule has 0 spiro atoms. The number of hydrogen-bond acceptors (Lipinski definition) is 2. The predicted octanol–water partition coefficient (Wildman–Crippen LogP) is 1.57. The molecular weight excluding hydrogens is 172 g/mol. The van der Waals surface area contributed by atoms with Gasteiger partial charge in [-0.05, 0) is 37.6 Å². The van der Waals surface area contributed by atoms with Crippen LogP contribution in [0.2, 0.25) is 0 Å². The Kier molecular flexibility index (Phi) is 3.13. The van der Waals surface area contributed by atoms with E-state index in [-0.39, 0.29) is 0 Å². The molecule has 2 heterocycles. The normalized spacial score (nSPS) is 39.0. The number of fused-ring (bicyclic) bond motifs is 2. The van der Waals surface area contributed by atoms with Gasteiger partial charge in [-0.3, -0.25) is 0 Å². The zero-order chi connectivity index (χ0) is 10.1. The zero-order valence-corrected chi connectivity index (χ0v) is 9.79. The summed E-state index contributed by atoms with van der Waals surface area (Å²) in [5.41, 5.74) is 0. The highest BCUT2D eigenvalue weighted by Gasteiger charge is 2.34. The van der Waals surface area contributed by atoms with Crippen molar-refractivity contribution in [3.05, 3.63) is 0 Å². The lowest BCUT2D eigenvalue weighted by Crippen LogP contribution is -2.55. The van der Waals surface area contributed by atoms with E-state index in [4.69, 9.17) is 0 Å². The molecular formula is C12H24N2. The van der Waals surface area contributed by atoms with Gasteiger partial charge in [0.05, 0.1) is 0 Å². The highest BCUT2D eigenvalue weighted by molar-refractivity contribution is 4.90. The molecule has 2 rings (SSSR count). The van der Waals surface area contributed by atoms with Gasteiger partial charge in [0.15, 0.2) is 0 Å². The number of nitrogens with zero attached hydrogens (tertiary/aromatic N) is 1. The standard InChI is InChI=1S/C12H24N2/c1-9(2)6-14-7-11-4-12(8-14)10(3)13-5-11/h9-13H,4-8H2,1-3H3/t10-,11+,12-/m0/s1. The van der Waals surface area contributed by atoms with Gasteiger partial charge in [-0.2, -0.15) is 0 Å². The largest absolute Gasteiger partial charge is 0.314 e. The molecule has 82 valence electrons. The lowest BCUT2D eigenvalue weighted by molar-refractivity contribution is 0.0654.